The molecule has 0 fully saturated rings. The van der Waals surface area contributed by atoms with Gasteiger partial charge in [-0.15, -0.1) is 0 Å². The summed E-state index contributed by atoms with van der Waals surface area (Å²) >= 11 is 0. The monoisotopic (exact) mass is 423 g/mol. The van der Waals surface area contributed by atoms with E-state index in [4.69, 9.17) is 0 Å². The van der Waals surface area contributed by atoms with Gasteiger partial charge in [-0.2, -0.15) is 0 Å². The van der Waals surface area contributed by atoms with Gasteiger partial charge in [-0.3, -0.25) is 4.79 Å². The van der Waals surface area contributed by atoms with E-state index in [-0.39, 0.29) is 5.91 Å². The lowest BCUT2D eigenvalue weighted by molar-refractivity contribution is -0.129. The second-order valence-electron chi connectivity index (χ2n) is 9.73. The van der Waals surface area contributed by atoms with E-state index in [9.17, 15) is 4.79 Å². The summed E-state index contributed by atoms with van der Waals surface area (Å²) in [5.41, 5.74) is 0. The SMILES string of the molecule is CCCCCCCCCCCCC(CCCCCCCCCCCC)N(C)C(C)=O. The number of carbonyl (C=O) groups is 1. The Morgan fingerprint density at radius 1 is 0.533 bits per heavy atom. The summed E-state index contributed by atoms with van der Waals surface area (Å²) in [7, 11) is 2.01. The lowest BCUT2D eigenvalue weighted by Gasteiger charge is -2.27. The number of hydrogen-bond acceptors (Lipinski definition) is 1. The van der Waals surface area contributed by atoms with Crippen molar-refractivity contribution in [3.8, 4) is 0 Å². The molecular weight excluding hydrogens is 366 g/mol. The Bertz CT molecular complexity index is 331. The number of unbranched alkanes of at least 4 members (excludes halogenated alkanes) is 18. The third-order valence-electron chi connectivity index (χ3n) is 6.83. The predicted octanol–water partition coefficient (Wildman–Crippen LogP) is 9.46. The van der Waals surface area contributed by atoms with Crippen LogP contribution in [0.25, 0.3) is 0 Å². The molecule has 0 unspecified atom stereocenters. The molecule has 30 heavy (non-hydrogen) atoms. The topological polar surface area (TPSA) is 20.3 Å². The maximum atomic E-state index is 11.9. The summed E-state index contributed by atoms with van der Waals surface area (Å²) < 4.78 is 0. The van der Waals surface area contributed by atoms with Crippen molar-refractivity contribution in [3.05, 3.63) is 0 Å². The molecule has 0 aromatic carbocycles. The first-order valence-electron chi connectivity index (χ1n) is 13.9. The van der Waals surface area contributed by atoms with E-state index in [1.807, 2.05) is 11.9 Å². The van der Waals surface area contributed by atoms with Crippen molar-refractivity contribution < 1.29 is 4.79 Å². The zero-order chi connectivity index (χ0) is 22.3. The van der Waals surface area contributed by atoms with Crippen molar-refractivity contribution in [2.75, 3.05) is 7.05 Å². The predicted molar refractivity (Wildman–Crippen MR) is 135 cm³/mol. The molecule has 0 rings (SSSR count). The summed E-state index contributed by atoms with van der Waals surface area (Å²) in [4.78, 5) is 13.9. The number of hydrogen-bond donors (Lipinski definition) is 0. The Balaban J connectivity index is 3.73. The van der Waals surface area contributed by atoms with Gasteiger partial charge in [-0.25, -0.2) is 0 Å². The molecule has 2 nitrogen and oxygen atoms in total. The highest BCUT2D eigenvalue weighted by Gasteiger charge is 2.16. The normalized spacial score (nSPS) is 11.4. The van der Waals surface area contributed by atoms with Gasteiger partial charge in [0.05, 0.1) is 0 Å². The van der Waals surface area contributed by atoms with Gasteiger partial charge in [0.15, 0.2) is 0 Å². The number of rotatable bonds is 23. The molecular formula is C28H57NO. The average Bonchev–Trinajstić information content (AvgIpc) is 2.74. The fraction of sp³-hybridized carbons (Fsp3) is 0.964. The van der Waals surface area contributed by atoms with Crippen LogP contribution in [0.15, 0.2) is 0 Å². The van der Waals surface area contributed by atoms with Crippen LogP contribution >= 0.6 is 0 Å². The molecule has 0 aliphatic rings. The van der Waals surface area contributed by atoms with Crippen LogP contribution < -0.4 is 0 Å². The zero-order valence-corrected chi connectivity index (χ0v) is 21.5. The van der Waals surface area contributed by atoms with Crippen LogP contribution in [-0.2, 0) is 4.79 Å². The van der Waals surface area contributed by atoms with Crippen LogP contribution in [0.4, 0.5) is 0 Å². The van der Waals surface area contributed by atoms with Crippen molar-refractivity contribution in [1.29, 1.82) is 0 Å². The summed E-state index contributed by atoms with van der Waals surface area (Å²) in [6, 6.07) is 0.464. The third kappa shape index (κ3) is 19.4. The van der Waals surface area contributed by atoms with Crippen molar-refractivity contribution in [2.45, 2.75) is 168 Å². The molecule has 0 atom stereocenters. The van der Waals surface area contributed by atoms with Crippen LogP contribution in [0.3, 0.4) is 0 Å². The molecule has 0 aromatic heterocycles. The fourth-order valence-electron chi connectivity index (χ4n) is 4.52. The molecule has 1 amide bonds. The second-order valence-corrected chi connectivity index (χ2v) is 9.73. The molecule has 0 aliphatic heterocycles. The third-order valence-corrected chi connectivity index (χ3v) is 6.83. The molecule has 0 N–H and O–H groups in total. The van der Waals surface area contributed by atoms with E-state index in [2.05, 4.69) is 13.8 Å². The lowest BCUT2D eigenvalue weighted by atomic mass is 9.98. The number of carbonyl (C=O) groups excluding carboxylic acids is 1. The van der Waals surface area contributed by atoms with E-state index in [1.165, 1.54) is 141 Å². The Labute approximate surface area is 191 Å². The number of amides is 1. The van der Waals surface area contributed by atoms with E-state index in [0.29, 0.717) is 6.04 Å². The minimum absolute atomic E-state index is 0.235. The first-order chi connectivity index (χ1) is 14.6. The van der Waals surface area contributed by atoms with Gasteiger partial charge in [-0.05, 0) is 12.8 Å². The van der Waals surface area contributed by atoms with Crippen LogP contribution in [0.2, 0.25) is 0 Å². The second kappa shape index (κ2) is 23.1. The van der Waals surface area contributed by atoms with Gasteiger partial charge in [-0.1, -0.05) is 142 Å². The fourth-order valence-corrected chi connectivity index (χ4v) is 4.52. The van der Waals surface area contributed by atoms with Crippen molar-refractivity contribution >= 4 is 5.91 Å². The number of nitrogens with zero attached hydrogens (tertiary/aromatic N) is 1. The molecule has 0 radical (unpaired) electrons. The van der Waals surface area contributed by atoms with Crippen molar-refractivity contribution in [2.24, 2.45) is 0 Å². The highest BCUT2D eigenvalue weighted by Crippen LogP contribution is 2.19. The minimum Gasteiger partial charge on any atom is -0.343 e. The Hall–Kier alpha value is -0.530. The molecule has 0 saturated heterocycles. The van der Waals surface area contributed by atoms with E-state index in [0.717, 1.165) is 0 Å². The zero-order valence-electron chi connectivity index (χ0n) is 21.5. The summed E-state index contributed by atoms with van der Waals surface area (Å²) in [5, 5.41) is 0. The molecule has 0 bridgehead atoms. The molecule has 0 heterocycles. The maximum absolute atomic E-state index is 11.9. The smallest absolute Gasteiger partial charge is 0.219 e. The highest BCUT2D eigenvalue weighted by atomic mass is 16.2. The molecule has 0 aromatic rings. The van der Waals surface area contributed by atoms with Crippen LogP contribution in [0.5, 0.6) is 0 Å². The van der Waals surface area contributed by atoms with Gasteiger partial charge >= 0.3 is 0 Å². The van der Waals surface area contributed by atoms with Crippen LogP contribution in [0.1, 0.15) is 162 Å². The van der Waals surface area contributed by atoms with E-state index >= 15 is 0 Å². The van der Waals surface area contributed by atoms with Gasteiger partial charge in [0.2, 0.25) is 5.91 Å². The van der Waals surface area contributed by atoms with Crippen molar-refractivity contribution in [1.82, 2.24) is 4.90 Å². The lowest BCUT2D eigenvalue weighted by Crippen LogP contribution is -2.35. The quantitative estimate of drug-likeness (QED) is 0.150. The molecule has 0 saturated carbocycles. The largest absolute Gasteiger partial charge is 0.343 e. The first kappa shape index (κ1) is 29.5. The summed E-state index contributed by atoms with van der Waals surface area (Å²) in [6.07, 6.45) is 30.1. The standard InChI is InChI=1S/C28H57NO/c1-5-7-9-11-13-15-17-19-21-23-25-28(29(4)27(3)30)26-24-22-20-18-16-14-12-10-8-6-2/h28H,5-26H2,1-4H3. The van der Waals surface area contributed by atoms with Crippen LogP contribution in [0, 0.1) is 0 Å². The van der Waals surface area contributed by atoms with E-state index < -0.39 is 0 Å². The van der Waals surface area contributed by atoms with Gasteiger partial charge in [0, 0.05) is 20.0 Å². The highest BCUT2D eigenvalue weighted by molar-refractivity contribution is 5.73. The molecule has 180 valence electrons. The molecule has 0 spiro atoms. The Morgan fingerprint density at radius 2 is 0.800 bits per heavy atom. The Morgan fingerprint density at radius 3 is 1.07 bits per heavy atom. The average molecular weight is 424 g/mol. The molecule has 2 heteroatoms. The maximum Gasteiger partial charge on any atom is 0.219 e. The van der Waals surface area contributed by atoms with Crippen LogP contribution in [-0.4, -0.2) is 23.9 Å². The summed E-state index contributed by atoms with van der Waals surface area (Å²) in [5.74, 6) is 0.235. The van der Waals surface area contributed by atoms with Gasteiger partial charge in [0.25, 0.3) is 0 Å². The summed E-state index contributed by atoms with van der Waals surface area (Å²) in [6.45, 7) is 6.30. The van der Waals surface area contributed by atoms with Gasteiger partial charge < -0.3 is 4.90 Å². The van der Waals surface area contributed by atoms with Gasteiger partial charge in [0.1, 0.15) is 0 Å². The first-order valence-corrected chi connectivity index (χ1v) is 13.9. The van der Waals surface area contributed by atoms with E-state index in [1.54, 1.807) is 6.92 Å². The minimum atomic E-state index is 0.235. The molecule has 0 aliphatic carbocycles. The Kier molecular flexibility index (Phi) is 22.7. The van der Waals surface area contributed by atoms with Crippen molar-refractivity contribution in [3.63, 3.8) is 0 Å².